The van der Waals surface area contributed by atoms with Gasteiger partial charge >= 0.3 is 0 Å². The first kappa shape index (κ1) is 10.5. The normalized spacial score (nSPS) is 18.6. The molecule has 86 valence electrons. The van der Waals surface area contributed by atoms with Gasteiger partial charge in [0.15, 0.2) is 0 Å². The molecule has 2 heterocycles. The van der Waals surface area contributed by atoms with E-state index in [-0.39, 0.29) is 11.2 Å². The molecule has 0 unspecified atom stereocenters. The maximum absolute atomic E-state index is 12.1. The minimum atomic E-state index is -0.162. The highest BCUT2D eigenvalue weighted by atomic mass is 32.2. The second kappa shape index (κ2) is 3.96. The number of carbonyl (C=O) groups excluding carboxylic acids is 1. The first-order chi connectivity index (χ1) is 8.25. The number of fused-ring (bicyclic) bond motifs is 1. The molecule has 3 rings (SSSR count). The summed E-state index contributed by atoms with van der Waals surface area (Å²) in [6.45, 7) is 0. The zero-order valence-corrected chi connectivity index (χ0v) is 10.2. The van der Waals surface area contributed by atoms with E-state index in [2.05, 4.69) is 5.32 Å². The number of amides is 1. The predicted octanol–water partition coefficient (Wildman–Crippen LogP) is 2.81. The molecule has 0 aliphatic carbocycles. The molecule has 0 bridgehead atoms. The first-order valence-corrected chi connectivity index (χ1v) is 6.31. The summed E-state index contributed by atoms with van der Waals surface area (Å²) in [7, 11) is 1.96. The fourth-order valence-electron chi connectivity index (χ4n) is 1.99. The van der Waals surface area contributed by atoms with Crippen molar-refractivity contribution in [2.24, 2.45) is 7.05 Å². The summed E-state index contributed by atoms with van der Waals surface area (Å²) in [5.74, 6) is 0.0514. The van der Waals surface area contributed by atoms with Crippen LogP contribution in [0.1, 0.15) is 10.9 Å². The smallest absolute Gasteiger partial charge is 0.243 e. The van der Waals surface area contributed by atoms with Crippen LogP contribution in [0.25, 0.3) is 0 Å². The van der Waals surface area contributed by atoms with Crippen LogP contribution >= 0.6 is 11.8 Å². The number of aryl methyl sites for hydroxylation is 1. The molecule has 0 saturated carbocycles. The summed E-state index contributed by atoms with van der Waals surface area (Å²) in [6, 6.07) is 11.8. The van der Waals surface area contributed by atoms with Gasteiger partial charge in [-0.15, -0.1) is 11.8 Å². The third-order valence-electron chi connectivity index (χ3n) is 2.88. The van der Waals surface area contributed by atoms with Crippen LogP contribution in [0.5, 0.6) is 0 Å². The van der Waals surface area contributed by atoms with E-state index in [1.54, 1.807) is 11.8 Å². The summed E-state index contributed by atoms with van der Waals surface area (Å²) in [5, 5.41) is 2.79. The lowest BCUT2D eigenvalue weighted by Crippen LogP contribution is -2.24. The number of anilines is 1. The molecule has 3 nitrogen and oxygen atoms in total. The van der Waals surface area contributed by atoms with Crippen molar-refractivity contribution in [2.45, 2.75) is 10.1 Å². The summed E-state index contributed by atoms with van der Waals surface area (Å²) < 4.78 is 1.99. The number of carbonyl (C=O) groups is 1. The Morgan fingerprint density at radius 1 is 1.24 bits per heavy atom. The first-order valence-electron chi connectivity index (χ1n) is 5.43. The van der Waals surface area contributed by atoms with Gasteiger partial charge in [0.1, 0.15) is 5.25 Å². The molecule has 1 N–H and O–H groups in total. The summed E-state index contributed by atoms with van der Waals surface area (Å²) >= 11 is 1.60. The number of nitrogens with one attached hydrogen (secondary N) is 1. The van der Waals surface area contributed by atoms with Crippen LogP contribution in [-0.4, -0.2) is 10.5 Å². The second-order valence-electron chi connectivity index (χ2n) is 4.03. The molecular formula is C13H12N2OS. The number of thioether (sulfide) groups is 1. The maximum atomic E-state index is 12.1. The molecule has 1 atom stereocenters. The fraction of sp³-hybridized carbons (Fsp3) is 0.154. The minimum absolute atomic E-state index is 0.0514. The maximum Gasteiger partial charge on any atom is 0.243 e. The van der Waals surface area contributed by atoms with Crippen molar-refractivity contribution in [2.75, 3.05) is 5.32 Å². The van der Waals surface area contributed by atoms with E-state index in [4.69, 9.17) is 0 Å². The van der Waals surface area contributed by atoms with Crippen molar-refractivity contribution in [3.05, 3.63) is 48.3 Å². The van der Waals surface area contributed by atoms with E-state index in [1.807, 2.05) is 54.2 Å². The molecule has 1 aliphatic rings. The van der Waals surface area contributed by atoms with Crippen molar-refractivity contribution in [3.63, 3.8) is 0 Å². The Bertz CT molecular complexity index is 576. The lowest BCUT2D eigenvalue weighted by Gasteiger charge is -2.24. The van der Waals surface area contributed by atoms with Crippen molar-refractivity contribution < 1.29 is 4.79 Å². The highest BCUT2D eigenvalue weighted by Crippen LogP contribution is 2.43. The van der Waals surface area contributed by atoms with Gasteiger partial charge in [0.25, 0.3) is 0 Å². The van der Waals surface area contributed by atoms with E-state index >= 15 is 0 Å². The van der Waals surface area contributed by atoms with E-state index in [1.165, 1.54) is 0 Å². The molecule has 1 aromatic carbocycles. The van der Waals surface area contributed by atoms with Crippen LogP contribution in [0.2, 0.25) is 0 Å². The van der Waals surface area contributed by atoms with Crippen LogP contribution in [-0.2, 0) is 11.8 Å². The van der Waals surface area contributed by atoms with E-state index in [0.717, 1.165) is 16.3 Å². The van der Waals surface area contributed by atoms with Crippen molar-refractivity contribution in [1.82, 2.24) is 4.57 Å². The molecule has 1 amide bonds. The van der Waals surface area contributed by atoms with Gasteiger partial charge in [-0.2, -0.15) is 0 Å². The Balaban J connectivity index is 2.00. The summed E-state index contributed by atoms with van der Waals surface area (Å²) in [4.78, 5) is 13.2. The molecule has 0 radical (unpaired) electrons. The zero-order chi connectivity index (χ0) is 11.8. The van der Waals surface area contributed by atoms with Crippen LogP contribution < -0.4 is 5.32 Å². The zero-order valence-electron chi connectivity index (χ0n) is 9.38. The molecule has 0 saturated heterocycles. The fourth-order valence-corrected chi connectivity index (χ4v) is 3.18. The van der Waals surface area contributed by atoms with Gasteiger partial charge in [-0.3, -0.25) is 4.79 Å². The summed E-state index contributed by atoms with van der Waals surface area (Å²) in [6.07, 6.45) is 1.96. The molecular weight excluding hydrogens is 232 g/mol. The van der Waals surface area contributed by atoms with Gasteiger partial charge in [0.2, 0.25) is 5.91 Å². The largest absolute Gasteiger partial charge is 0.353 e. The number of para-hydroxylation sites is 1. The number of rotatable bonds is 1. The molecule has 2 aromatic rings. The predicted molar refractivity (Wildman–Crippen MR) is 69.1 cm³/mol. The minimum Gasteiger partial charge on any atom is -0.353 e. The molecule has 0 fully saturated rings. The molecule has 0 spiro atoms. The van der Waals surface area contributed by atoms with E-state index < -0.39 is 0 Å². The lowest BCUT2D eigenvalue weighted by molar-refractivity contribution is -0.116. The van der Waals surface area contributed by atoms with Gasteiger partial charge in [-0.1, -0.05) is 12.1 Å². The van der Waals surface area contributed by atoms with Crippen molar-refractivity contribution >= 4 is 23.4 Å². The Morgan fingerprint density at radius 2 is 2.06 bits per heavy atom. The Morgan fingerprint density at radius 3 is 2.82 bits per heavy atom. The average molecular weight is 244 g/mol. The third kappa shape index (κ3) is 1.74. The summed E-state index contributed by atoms with van der Waals surface area (Å²) in [5.41, 5.74) is 1.94. The van der Waals surface area contributed by atoms with Gasteiger partial charge in [-0.05, 0) is 24.3 Å². The van der Waals surface area contributed by atoms with Crippen molar-refractivity contribution in [3.8, 4) is 0 Å². The lowest BCUT2D eigenvalue weighted by atomic mass is 10.2. The Kier molecular flexibility index (Phi) is 2.44. The number of aromatic nitrogens is 1. The highest BCUT2D eigenvalue weighted by Gasteiger charge is 2.29. The third-order valence-corrected chi connectivity index (χ3v) is 4.18. The number of benzene rings is 1. The van der Waals surface area contributed by atoms with Gasteiger partial charge < -0.3 is 9.88 Å². The van der Waals surface area contributed by atoms with Crippen LogP contribution in [0.3, 0.4) is 0 Å². The van der Waals surface area contributed by atoms with Crippen LogP contribution in [0.4, 0.5) is 5.69 Å². The van der Waals surface area contributed by atoms with Gasteiger partial charge in [0, 0.05) is 23.8 Å². The molecule has 1 aromatic heterocycles. The Hall–Kier alpha value is -1.68. The molecule has 1 aliphatic heterocycles. The molecule has 17 heavy (non-hydrogen) atoms. The number of hydrogen-bond acceptors (Lipinski definition) is 2. The topological polar surface area (TPSA) is 34.0 Å². The van der Waals surface area contributed by atoms with Gasteiger partial charge in [-0.25, -0.2) is 0 Å². The standard InChI is InChI=1S/C13H12N2OS/c1-15-8-4-6-10(15)12-13(16)14-9-5-2-3-7-11(9)17-12/h2-8,12H,1H3,(H,14,16)/t12-/m1/s1. The van der Waals surface area contributed by atoms with Crippen molar-refractivity contribution in [1.29, 1.82) is 0 Å². The molecule has 4 heteroatoms. The monoisotopic (exact) mass is 244 g/mol. The quantitative estimate of drug-likeness (QED) is 0.837. The number of hydrogen-bond donors (Lipinski definition) is 1. The SMILES string of the molecule is Cn1cccc1[C@H]1Sc2ccccc2NC1=O. The van der Waals surface area contributed by atoms with E-state index in [9.17, 15) is 4.79 Å². The Labute approximate surface area is 104 Å². The van der Waals surface area contributed by atoms with E-state index in [0.29, 0.717) is 0 Å². The highest BCUT2D eigenvalue weighted by molar-refractivity contribution is 8.00. The number of nitrogens with zero attached hydrogens (tertiary/aromatic N) is 1. The second-order valence-corrected chi connectivity index (χ2v) is 5.17. The van der Waals surface area contributed by atoms with Gasteiger partial charge in [0.05, 0.1) is 5.69 Å². The van der Waals surface area contributed by atoms with Crippen LogP contribution in [0.15, 0.2) is 47.5 Å². The van der Waals surface area contributed by atoms with Crippen LogP contribution in [0, 0.1) is 0 Å². The average Bonchev–Trinajstić information content (AvgIpc) is 2.74.